The Bertz CT molecular complexity index is 592. The fourth-order valence-electron chi connectivity index (χ4n) is 2.09. The van der Waals surface area contributed by atoms with Crippen molar-refractivity contribution in [3.05, 3.63) is 43.1 Å². The number of nitrogens with zero attached hydrogens (tertiary/aromatic N) is 4. The molecule has 0 amide bonds. The van der Waals surface area contributed by atoms with Crippen LogP contribution in [0.1, 0.15) is 13.8 Å². The lowest BCUT2D eigenvalue weighted by Gasteiger charge is -2.21. The topological polar surface area (TPSA) is 66.0 Å². The van der Waals surface area contributed by atoms with E-state index in [9.17, 15) is 0 Å². The average molecular weight is 298 g/mol. The van der Waals surface area contributed by atoms with E-state index in [-0.39, 0.29) is 0 Å². The molecule has 0 aliphatic carbocycles. The summed E-state index contributed by atoms with van der Waals surface area (Å²) in [5.41, 5.74) is 2.18. The fraction of sp³-hybridized carbons (Fsp3) is 0.312. The molecule has 1 aromatic carbocycles. The van der Waals surface area contributed by atoms with E-state index < -0.39 is 0 Å². The summed E-state index contributed by atoms with van der Waals surface area (Å²) >= 11 is 0. The van der Waals surface area contributed by atoms with Gasteiger partial charge in [0.25, 0.3) is 0 Å². The first-order valence-corrected chi connectivity index (χ1v) is 7.43. The van der Waals surface area contributed by atoms with Crippen LogP contribution in [0.25, 0.3) is 0 Å². The van der Waals surface area contributed by atoms with E-state index in [2.05, 4.69) is 63.3 Å². The van der Waals surface area contributed by atoms with Crippen molar-refractivity contribution in [1.82, 2.24) is 15.2 Å². The minimum Gasteiger partial charge on any atom is -0.372 e. The standard InChI is InChI=1S/C16H22N6/c1-4-11-17-16-20-15(12-18-21-16)19-13-7-9-14(10-8-13)22(5-2)6-3/h4,7-10,12H,1,5-6,11H2,2-3H3,(H2,17,19,20,21). The van der Waals surface area contributed by atoms with Gasteiger partial charge in [0.1, 0.15) is 0 Å². The highest BCUT2D eigenvalue weighted by Crippen LogP contribution is 2.20. The largest absolute Gasteiger partial charge is 0.372 e. The molecule has 0 saturated carbocycles. The van der Waals surface area contributed by atoms with Crippen LogP contribution in [0.2, 0.25) is 0 Å². The highest BCUT2D eigenvalue weighted by atomic mass is 15.3. The minimum absolute atomic E-state index is 0.477. The Labute approximate surface area is 131 Å². The van der Waals surface area contributed by atoms with Gasteiger partial charge >= 0.3 is 0 Å². The zero-order valence-electron chi connectivity index (χ0n) is 13.1. The van der Waals surface area contributed by atoms with E-state index in [1.807, 2.05) is 12.1 Å². The summed E-state index contributed by atoms with van der Waals surface area (Å²) in [7, 11) is 0. The van der Waals surface area contributed by atoms with E-state index in [1.165, 1.54) is 5.69 Å². The normalized spacial score (nSPS) is 10.1. The van der Waals surface area contributed by atoms with Crippen molar-refractivity contribution in [3.63, 3.8) is 0 Å². The smallest absolute Gasteiger partial charge is 0.244 e. The van der Waals surface area contributed by atoms with Gasteiger partial charge < -0.3 is 15.5 Å². The molecule has 2 aromatic rings. The molecule has 0 aliphatic heterocycles. The molecule has 0 aliphatic rings. The van der Waals surface area contributed by atoms with Crippen molar-refractivity contribution in [2.24, 2.45) is 0 Å². The van der Waals surface area contributed by atoms with Crippen molar-refractivity contribution in [3.8, 4) is 0 Å². The third-order valence-corrected chi connectivity index (χ3v) is 3.23. The van der Waals surface area contributed by atoms with E-state index >= 15 is 0 Å². The number of rotatable bonds is 8. The van der Waals surface area contributed by atoms with Crippen molar-refractivity contribution >= 4 is 23.1 Å². The highest BCUT2D eigenvalue weighted by molar-refractivity contribution is 5.60. The number of aromatic nitrogens is 3. The summed E-state index contributed by atoms with van der Waals surface area (Å²) < 4.78 is 0. The number of anilines is 4. The van der Waals surface area contributed by atoms with Crippen molar-refractivity contribution in [2.75, 3.05) is 35.2 Å². The predicted molar refractivity (Wildman–Crippen MR) is 91.8 cm³/mol. The molecule has 0 spiro atoms. The summed E-state index contributed by atoms with van der Waals surface area (Å²) in [4.78, 5) is 6.64. The molecule has 0 unspecified atom stereocenters. The predicted octanol–water partition coefficient (Wildman–Crippen LogP) is 3.06. The first-order chi connectivity index (χ1) is 10.8. The molecule has 6 nitrogen and oxygen atoms in total. The molecule has 0 radical (unpaired) electrons. The zero-order chi connectivity index (χ0) is 15.8. The van der Waals surface area contributed by atoms with Gasteiger partial charge in [-0.15, -0.1) is 11.7 Å². The zero-order valence-corrected chi connectivity index (χ0v) is 13.1. The van der Waals surface area contributed by atoms with Crippen LogP contribution in [0.15, 0.2) is 43.1 Å². The van der Waals surface area contributed by atoms with Crippen LogP contribution in [-0.2, 0) is 0 Å². The maximum atomic E-state index is 4.34. The highest BCUT2D eigenvalue weighted by Gasteiger charge is 2.03. The second-order valence-electron chi connectivity index (χ2n) is 4.68. The van der Waals surface area contributed by atoms with Gasteiger partial charge in [-0.3, -0.25) is 0 Å². The average Bonchev–Trinajstić information content (AvgIpc) is 2.56. The first kappa shape index (κ1) is 15.8. The van der Waals surface area contributed by atoms with Crippen LogP contribution in [0.3, 0.4) is 0 Å². The van der Waals surface area contributed by atoms with Crippen LogP contribution >= 0.6 is 0 Å². The number of hydrogen-bond donors (Lipinski definition) is 2. The number of hydrogen-bond acceptors (Lipinski definition) is 6. The first-order valence-electron chi connectivity index (χ1n) is 7.43. The monoisotopic (exact) mass is 298 g/mol. The van der Waals surface area contributed by atoms with Gasteiger partial charge in [-0.1, -0.05) is 6.08 Å². The molecule has 2 rings (SSSR count). The molecule has 116 valence electrons. The van der Waals surface area contributed by atoms with Crippen LogP contribution in [0.4, 0.5) is 23.1 Å². The van der Waals surface area contributed by atoms with Crippen molar-refractivity contribution < 1.29 is 0 Å². The van der Waals surface area contributed by atoms with Crippen LogP contribution < -0.4 is 15.5 Å². The lowest BCUT2D eigenvalue weighted by molar-refractivity contribution is 0.866. The van der Waals surface area contributed by atoms with Crippen LogP contribution in [0.5, 0.6) is 0 Å². The number of benzene rings is 1. The lowest BCUT2D eigenvalue weighted by Crippen LogP contribution is -2.21. The van der Waals surface area contributed by atoms with Gasteiger partial charge in [-0.25, -0.2) is 0 Å². The molecular formula is C16H22N6. The van der Waals surface area contributed by atoms with Crippen LogP contribution in [-0.4, -0.2) is 34.8 Å². The fourth-order valence-corrected chi connectivity index (χ4v) is 2.09. The Morgan fingerprint density at radius 1 is 1.18 bits per heavy atom. The summed E-state index contributed by atoms with van der Waals surface area (Å²) in [6.07, 6.45) is 3.34. The van der Waals surface area contributed by atoms with Crippen molar-refractivity contribution in [1.29, 1.82) is 0 Å². The summed E-state index contributed by atoms with van der Waals surface area (Å²) in [5, 5.41) is 14.1. The Hall–Kier alpha value is -2.63. The molecule has 0 fully saturated rings. The molecule has 6 heteroatoms. The Balaban J connectivity index is 2.05. The quantitative estimate of drug-likeness (QED) is 0.730. The lowest BCUT2D eigenvalue weighted by atomic mass is 10.2. The molecular weight excluding hydrogens is 276 g/mol. The third kappa shape index (κ3) is 4.18. The molecule has 0 saturated heterocycles. The van der Waals surface area contributed by atoms with Gasteiger partial charge in [0.2, 0.25) is 5.95 Å². The van der Waals surface area contributed by atoms with Gasteiger partial charge in [-0.2, -0.15) is 10.1 Å². The molecule has 0 atom stereocenters. The van der Waals surface area contributed by atoms with Gasteiger partial charge in [-0.05, 0) is 38.1 Å². The molecule has 1 heterocycles. The van der Waals surface area contributed by atoms with Crippen molar-refractivity contribution in [2.45, 2.75) is 13.8 Å². The third-order valence-electron chi connectivity index (χ3n) is 3.23. The molecule has 22 heavy (non-hydrogen) atoms. The van der Waals surface area contributed by atoms with E-state index in [0.717, 1.165) is 18.8 Å². The molecule has 2 N–H and O–H groups in total. The van der Waals surface area contributed by atoms with Gasteiger partial charge in [0.05, 0.1) is 6.20 Å². The maximum absolute atomic E-state index is 4.34. The SMILES string of the molecule is C=CCNc1nncc(Nc2ccc(N(CC)CC)cc2)n1. The maximum Gasteiger partial charge on any atom is 0.244 e. The second kappa shape index (κ2) is 7.97. The Morgan fingerprint density at radius 2 is 1.91 bits per heavy atom. The van der Waals surface area contributed by atoms with E-state index in [0.29, 0.717) is 18.3 Å². The second-order valence-corrected chi connectivity index (χ2v) is 4.68. The minimum atomic E-state index is 0.477. The molecule has 0 bridgehead atoms. The van der Waals surface area contributed by atoms with E-state index in [4.69, 9.17) is 0 Å². The summed E-state index contributed by atoms with van der Waals surface area (Å²) in [5.74, 6) is 1.13. The Morgan fingerprint density at radius 3 is 2.55 bits per heavy atom. The Kier molecular flexibility index (Phi) is 5.71. The summed E-state index contributed by atoms with van der Waals surface area (Å²) in [6.45, 7) is 10.5. The van der Waals surface area contributed by atoms with Gasteiger partial charge in [0, 0.05) is 31.0 Å². The number of nitrogens with one attached hydrogen (secondary N) is 2. The van der Waals surface area contributed by atoms with Crippen LogP contribution in [0, 0.1) is 0 Å². The van der Waals surface area contributed by atoms with Gasteiger partial charge in [0.15, 0.2) is 5.82 Å². The summed E-state index contributed by atoms with van der Waals surface area (Å²) in [6, 6.07) is 8.26. The molecule has 1 aromatic heterocycles. The van der Waals surface area contributed by atoms with E-state index in [1.54, 1.807) is 12.3 Å².